The maximum absolute atomic E-state index is 12.1. The van der Waals surface area contributed by atoms with E-state index in [-0.39, 0.29) is 17.9 Å². The Morgan fingerprint density at radius 1 is 1.24 bits per heavy atom. The van der Waals surface area contributed by atoms with Gasteiger partial charge in [-0.25, -0.2) is 0 Å². The van der Waals surface area contributed by atoms with Crippen LogP contribution in [0, 0.1) is 6.92 Å². The number of carbonyl (C=O) groups excluding carboxylic acids is 1. The molecule has 0 aliphatic heterocycles. The lowest BCUT2D eigenvalue weighted by molar-refractivity contribution is -0.115. The third-order valence-electron chi connectivity index (χ3n) is 3.26. The monoisotopic (exact) mass is 286 g/mol. The van der Waals surface area contributed by atoms with Crippen molar-refractivity contribution in [2.24, 2.45) is 7.05 Å². The smallest absolute Gasteiger partial charge is 0.274 e. The van der Waals surface area contributed by atoms with Gasteiger partial charge in [0.05, 0.1) is 13.5 Å². The molecule has 21 heavy (non-hydrogen) atoms. The van der Waals surface area contributed by atoms with Gasteiger partial charge in [0.2, 0.25) is 5.91 Å². The van der Waals surface area contributed by atoms with Gasteiger partial charge in [-0.15, -0.1) is 0 Å². The molecule has 0 fully saturated rings. The van der Waals surface area contributed by atoms with Crippen LogP contribution in [0.2, 0.25) is 0 Å². The van der Waals surface area contributed by atoms with Crippen molar-refractivity contribution in [2.45, 2.75) is 13.3 Å². The van der Waals surface area contributed by atoms with Gasteiger partial charge in [0.1, 0.15) is 11.4 Å². The predicted molar refractivity (Wildman–Crippen MR) is 81.7 cm³/mol. The lowest BCUT2D eigenvalue weighted by atomic mass is 10.1. The average molecular weight is 286 g/mol. The molecule has 1 heterocycles. The number of hydrogen-bond acceptors (Lipinski definition) is 3. The summed E-state index contributed by atoms with van der Waals surface area (Å²) in [5.74, 6) is 0.526. The van der Waals surface area contributed by atoms with E-state index in [0.717, 1.165) is 16.9 Å². The highest BCUT2D eigenvalue weighted by Gasteiger charge is 2.10. The van der Waals surface area contributed by atoms with Gasteiger partial charge in [-0.05, 0) is 36.2 Å². The van der Waals surface area contributed by atoms with Gasteiger partial charge < -0.3 is 14.6 Å². The number of nitrogens with one attached hydrogen (secondary N) is 1. The molecule has 1 aromatic heterocycles. The molecule has 0 atom stereocenters. The second-order valence-electron chi connectivity index (χ2n) is 4.86. The number of aryl methyl sites for hydroxylation is 2. The van der Waals surface area contributed by atoms with Gasteiger partial charge in [0, 0.05) is 13.2 Å². The molecule has 0 saturated heterocycles. The van der Waals surface area contributed by atoms with E-state index in [2.05, 4.69) is 5.32 Å². The molecule has 2 rings (SSSR count). The molecule has 0 saturated carbocycles. The molecule has 5 nitrogen and oxygen atoms in total. The van der Waals surface area contributed by atoms with Crippen molar-refractivity contribution in [3.8, 4) is 5.75 Å². The summed E-state index contributed by atoms with van der Waals surface area (Å²) in [7, 11) is 3.25. The summed E-state index contributed by atoms with van der Waals surface area (Å²) in [4.78, 5) is 24.1. The molecule has 0 unspecified atom stereocenters. The Morgan fingerprint density at radius 2 is 1.90 bits per heavy atom. The fourth-order valence-electron chi connectivity index (χ4n) is 1.98. The zero-order valence-corrected chi connectivity index (χ0v) is 12.3. The number of benzene rings is 1. The topological polar surface area (TPSA) is 60.3 Å². The van der Waals surface area contributed by atoms with Crippen molar-refractivity contribution in [1.29, 1.82) is 0 Å². The van der Waals surface area contributed by atoms with E-state index in [4.69, 9.17) is 4.74 Å². The first-order valence-electron chi connectivity index (χ1n) is 6.60. The van der Waals surface area contributed by atoms with Gasteiger partial charge in [-0.1, -0.05) is 12.1 Å². The molecule has 5 heteroatoms. The average Bonchev–Trinajstić information content (AvgIpc) is 2.48. The van der Waals surface area contributed by atoms with Gasteiger partial charge >= 0.3 is 0 Å². The normalized spacial score (nSPS) is 10.2. The molecule has 1 amide bonds. The highest BCUT2D eigenvalue weighted by molar-refractivity contribution is 5.92. The first-order valence-corrected chi connectivity index (χ1v) is 6.60. The highest BCUT2D eigenvalue weighted by Crippen LogP contribution is 2.13. The van der Waals surface area contributed by atoms with Crippen molar-refractivity contribution in [2.75, 3.05) is 12.4 Å². The number of nitrogens with zero attached hydrogens (tertiary/aromatic N) is 1. The molecule has 0 bridgehead atoms. The van der Waals surface area contributed by atoms with E-state index in [1.165, 1.54) is 4.57 Å². The van der Waals surface area contributed by atoms with E-state index in [1.54, 1.807) is 45.5 Å². The zero-order valence-electron chi connectivity index (χ0n) is 12.3. The maximum Gasteiger partial charge on any atom is 0.274 e. The summed E-state index contributed by atoms with van der Waals surface area (Å²) in [6.07, 6.45) is 1.89. The Bertz CT molecular complexity index is 702. The van der Waals surface area contributed by atoms with Crippen LogP contribution < -0.4 is 15.6 Å². The molecule has 1 aromatic carbocycles. The van der Waals surface area contributed by atoms with E-state index >= 15 is 0 Å². The second-order valence-corrected chi connectivity index (χ2v) is 4.86. The number of ether oxygens (including phenoxy) is 1. The number of anilines is 1. The van der Waals surface area contributed by atoms with Gasteiger partial charge in [-0.2, -0.15) is 0 Å². The minimum absolute atomic E-state index is 0.210. The van der Waals surface area contributed by atoms with Crippen LogP contribution in [0.5, 0.6) is 5.75 Å². The summed E-state index contributed by atoms with van der Waals surface area (Å²) >= 11 is 0. The fourth-order valence-corrected chi connectivity index (χ4v) is 1.98. The standard InChI is InChI=1S/C16H18N2O3/c1-11-8-9-18(2)16(20)15(11)17-14(19)10-12-4-6-13(21-3)7-5-12/h4-9H,10H2,1-3H3,(H,17,19). The van der Waals surface area contributed by atoms with E-state index in [9.17, 15) is 9.59 Å². The maximum atomic E-state index is 12.1. The number of carbonyl (C=O) groups is 1. The minimum Gasteiger partial charge on any atom is -0.497 e. The fraction of sp³-hybridized carbons (Fsp3) is 0.250. The Hall–Kier alpha value is -2.56. The number of amides is 1. The quantitative estimate of drug-likeness (QED) is 0.933. The summed E-state index contributed by atoms with van der Waals surface area (Å²) in [5, 5.41) is 2.69. The molecule has 0 aliphatic rings. The Kier molecular flexibility index (Phi) is 4.42. The Morgan fingerprint density at radius 3 is 2.52 bits per heavy atom. The molecule has 0 aliphatic carbocycles. The van der Waals surface area contributed by atoms with Crippen LogP contribution in [-0.2, 0) is 18.3 Å². The molecule has 110 valence electrons. The second kappa shape index (κ2) is 6.26. The minimum atomic E-state index is -0.216. The van der Waals surface area contributed by atoms with Crippen LogP contribution in [-0.4, -0.2) is 17.6 Å². The van der Waals surface area contributed by atoms with Gasteiger partial charge in [0.25, 0.3) is 5.56 Å². The molecule has 2 aromatic rings. The lowest BCUT2D eigenvalue weighted by Crippen LogP contribution is -2.25. The number of rotatable bonds is 4. The van der Waals surface area contributed by atoms with Crippen LogP contribution in [0.4, 0.5) is 5.69 Å². The molecule has 1 N–H and O–H groups in total. The summed E-state index contributed by atoms with van der Waals surface area (Å²) in [6, 6.07) is 9.05. The molecular weight excluding hydrogens is 268 g/mol. The number of pyridine rings is 1. The van der Waals surface area contributed by atoms with Crippen LogP contribution in [0.25, 0.3) is 0 Å². The van der Waals surface area contributed by atoms with Crippen molar-refractivity contribution < 1.29 is 9.53 Å². The van der Waals surface area contributed by atoms with E-state index < -0.39 is 0 Å². The lowest BCUT2D eigenvalue weighted by Gasteiger charge is -2.09. The van der Waals surface area contributed by atoms with Crippen LogP contribution in [0.1, 0.15) is 11.1 Å². The number of methoxy groups -OCH3 is 1. The van der Waals surface area contributed by atoms with Crippen molar-refractivity contribution in [3.05, 3.63) is 58.0 Å². The summed E-state index contributed by atoms with van der Waals surface area (Å²) in [5.41, 5.74) is 1.73. The summed E-state index contributed by atoms with van der Waals surface area (Å²) < 4.78 is 6.51. The molecular formula is C16H18N2O3. The molecule has 0 spiro atoms. The largest absolute Gasteiger partial charge is 0.497 e. The van der Waals surface area contributed by atoms with Crippen LogP contribution in [0.15, 0.2) is 41.3 Å². The predicted octanol–water partition coefficient (Wildman–Crippen LogP) is 1.88. The van der Waals surface area contributed by atoms with Crippen molar-refractivity contribution >= 4 is 11.6 Å². The zero-order chi connectivity index (χ0) is 15.4. The highest BCUT2D eigenvalue weighted by atomic mass is 16.5. The van der Waals surface area contributed by atoms with Gasteiger partial charge in [0.15, 0.2) is 0 Å². The van der Waals surface area contributed by atoms with E-state index in [0.29, 0.717) is 5.69 Å². The molecule has 0 radical (unpaired) electrons. The van der Waals surface area contributed by atoms with Crippen molar-refractivity contribution in [3.63, 3.8) is 0 Å². The number of aromatic nitrogens is 1. The van der Waals surface area contributed by atoms with Crippen molar-refractivity contribution in [1.82, 2.24) is 4.57 Å². The van der Waals surface area contributed by atoms with Gasteiger partial charge in [-0.3, -0.25) is 9.59 Å². The SMILES string of the molecule is COc1ccc(CC(=O)Nc2c(C)ccn(C)c2=O)cc1. The third-order valence-corrected chi connectivity index (χ3v) is 3.26. The third kappa shape index (κ3) is 3.51. The van der Waals surface area contributed by atoms with Crippen LogP contribution >= 0.6 is 0 Å². The first-order chi connectivity index (χ1) is 10.0. The Labute approximate surface area is 123 Å². The van der Waals surface area contributed by atoms with E-state index in [1.807, 2.05) is 12.1 Å². The first kappa shape index (κ1) is 14.8. The Balaban J connectivity index is 2.11. The van der Waals surface area contributed by atoms with Crippen LogP contribution in [0.3, 0.4) is 0 Å². The summed E-state index contributed by atoms with van der Waals surface area (Å²) in [6.45, 7) is 1.80. The number of hydrogen-bond donors (Lipinski definition) is 1.